The molecule has 0 atom stereocenters. The molecule has 3 aromatic rings. The zero-order valence-electron chi connectivity index (χ0n) is 18.6. The standard InChI is InChI=1S/C25H24ClN3O4S/c1-34(32,33)29(23-5-2-4-20(26)16-23)17-18-7-9-19(10-8-18)25(31)27-21-11-13-22(14-12-21)28-15-3-6-24(28)30/h2,4-5,7-14,16H,3,6,15,17H2,1H3,(H,27,31). The fraction of sp³-hybridized carbons (Fsp3) is 0.200. The van der Waals surface area contributed by atoms with Crippen molar-refractivity contribution in [2.75, 3.05) is 27.3 Å². The minimum atomic E-state index is -3.54. The van der Waals surface area contributed by atoms with Crippen LogP contribution >= 0.6 is 11.6 Å². The number of amides is 2. The van der Waals surface area contributed by atoms with Gasteiger partial charge < -0.3 is 10.2 Å². The molecular formula is C25H24ClN3O4S. The summed E-state index contributed by atoms with van der Waals surface area (Å²) in [7, 11) is -3.54. The van der Waals surface area contributed by atoms with Gasteiger partial charge in [-0.05, 0) is 66.6 Å². The Labute approximate surface area is 204 Å². The summed E-state index contributed by atoms with van der Waals surface area (Å²) in [6.07, 6.45) is 2.56. The second-order valence-corrected chi connectivity index (χ2v) is 10.4. The van der Waals surface area contributed by atoms with E-state index in [4.69, 9.17) is 11.6 Å². The average molecular weight is 498 g/mol. The molecule has 176 valence electrons. The first kappa shape index (κ1) is 23.8. The highest BCUT2D eigenvalue weighted by atomic mass is 35.5. The molecular weight excluding hydrogens is 474 g/mol. The summed E-state index contributed by atoms with van der Waals surface area (Å²) >= 11 is 6.03. The molecule has 0 spiro atoms. The molecule has 1 heterocycles. The van der Waals surface area contributed by atoms with Gasteiger partial charge in [-0.2, -0.15) is 0 Å². The lowest BCUT2D eigenvalue weighted by Crippen LogP contribution is -2.29. The maximum atomic E-state index is 12.7. The second kappa shape index (κ2) is 9.87. The Morgan fingerprint density at radius 1 is 1.06 bits per heavy atom. The van der Waals surface area contributed by atoms with Crippen LogP contribution in [0.15, 0.2) is 72.8 Å². The van der Waals surface area contributed by atoms with E-state index in [1.807, 2.05) is 12.1 Å². The van der Waals surface area contributed by atoms with Crippen LogP contribution in [0.1, 0.15) is 28.8 Å². The molecule has 0 radical (unpaired) electrons. The van der Waals surface area contributed by atoms with E-state index in [1.54, 1.807) is 65.6 Å². The molecule has 1 saturated heterocycles. The van der Waals surface area contributed by atoms with Crippen molar-refractivity contribution in [3.63, 3.8) is 0 Å². The van der Waals surface area contributed by atoms with Crippen molar-refractivity contribution in [2.45, 2.75) is 19.4 Å². The van der Waals surface area contributed by atoms with Crippen LogP contribution in [0.25, 0.3) is 0 Å². The van der Waals surface area contributed by atoms with E-state index >= 15 is 0 Å². The lowest BCUT2D eigenvalue weighted by molar-refractivity contribution is -0.117. The number of sulfonamides is 1. The SMILES string of the molecule is CS(=O)(=O)N(Cc1ccc(C(=O)Nc2ccc(N3CCCC3=O)cc2)cc1)c1cccc(Cl)c1. The first-order chi connectivity index (χ1) is 16.2. The van der Waals surface area contributed by atoms with Crippen LogP contribution in [0.4, 0.5) is 17.1 Å². The van der Waals surface area contributed by atoms with Gasteiger partial charge in [-0.15, -0.1) is 0 Å². The van der Waals surface area contributed by atoms with E-state index in [9.17, 15) is 18.0 Å². The number of halogens is 1. The summed E-state index contributed by atoms with van der Waals surface area (Å²) in [4.78, 5) is 26.3. The van der Waals surface area contributed by atoms with E-state index < -0.39 is 10.0 Å². The largest absolute Gasteiger partial charge is 0.322 e. The highest BCUT2D eigenvalue weighted by Gasteiger charge is 2.21. The molecule has 1 aliphatic heterocycles. The lowest BCUT2D eigenvalue weighted by atomic mass is 10.1. The highest BCUT2D eigenvalue weighted by molar-refractivity contribution is 7.92. The van der Waals surface area contributed by atoms with Gasteiger partial charge in [-0.3, -0.25) is 13.9 Å². The van der Waals surface area contributed by atoms with E-state index in [0.717, 1.165) is 23.9 Å². The molecule has 34 heavy (non-hydrogen) atoms. The molecule has 0 aliphatic carbocycles. The predicted molar refractivity (Wildman–Crippen MR) is 135 cm³/mol. The van der Waals surface area contributed by atoms with Gasteiger partial charge in [0.15, 0.2) is 0 Å². The third kappa shape index (κ3) is 5.58. The molecule has 7 nitrogen and oxygen atoms in total. The number of hydrogen-bond donors (Lipinski definition) is 1. The van der Waals surface area contributed by atoms with Crippen LogP contribution in [0.3, 0.4) is 0 Å². The summed E-state index contributed by atoms with van der Waals surface area (Å²) in [6.45, 7) is 0.822. The summed E-state index contributed by atoms with van der Waals surface area (Å²) < 4.78 is 26.0. The van der Waals surface area contributed by atoms with Crippen molar-refractivity contribution in [3.05, 3.63) is 88.9 Å². The van der Waals surface area contributed by atoms with E-state index in [1.165, 1.54) is 4.31 Å². The van der Waals surface area contributed by atoms with Crippen molar-refractivity contribution in [2.24, 2.45) is 0 Å². The summed E-state index contributed by atoms with van der Waals surface area (Å²) in [5.74, 6) is -0.173. The Bertz CT molecular complexity index is 1310. The third-order valence-corrected chi connectivity index (χ3v) is 6.92. The average Bonchev–Trinajstić information content (AvgIpc) is 3.23. The van der Waals surface area contributed by atoms with Crippen LogP contribution < -0.4 is 14.5 Å². The summed E-state index contributed by atoms with van der Waals surface area (Å²) in [5.41, 5.74) is 3.07. The van der Waals surface area contributed by atoms with Gasteiger partial charge in [0, 0.05) is 34.9 Å². The Hall–Kier alpha value is -3.36. The van der Waals surface area contributed by atoms with Crippen molar-refractivity contribution in [1.29, 1.82) is 0 Å². The molecule has 0 saturated carbocycles. The number of carbonyl (C=O) groups is 2. The maximum absolute atomic E-state index is 12.7. The maximum Gasteiger partial charge on any atom is 0.255 e. The minimum absolute atomic E-state index is 0.109. The molecule has 2 amide bonds. The van der Waals surface area contributed by atoms with E-state index in [-0.39, 0.29) is 18.4 Å². The number of carbonyl (C=O) groups excluding carboxylic acids is 2. The quantitative estimate of drug-likeness (QED) is 0.513. The molecule has 0 unspecified atom stereocenters. The lowest BCUT2D eigenvalue weighted by Gasteiger charge is -2.22. The fourth-order valence-corrected chi connectivity index (χ4v) is 4.87. The van der Waals surface area contributed by atoms with Gasteiger partial charge >= 0.3 is 0 Å². The van der Waals surface area contributed by atoms with Gasteiger partial charge in [-0.1, -0.05) is 29.8 Å². The molecule has 4 rings (SSSR count). The predicted octanol–water partition coefficient (Wildman–Crippen LogP) is 4.69. The fourth-order valence-electron chi connectivity index (χ4n) is 3.81. The van der Waals surface area contributed by atoms with Crippen molar-refractivity contribution in [1.82, 2.24) is 0 Å². The van der Waals surface area contributed by atoms with Crippen LogP contribution in [-0.2, 0) is 21.4 Å². The highest BCUT2D eigenvalue weighted by Crippen LogP contribution is 2.25. The topological polar surface area (TPSA) is 86.8 Å². The Balaban J connectivity index is 1.43. The van der Waals surface area contributed by atoms with Crippen molar-refractivity contribution in [3.8, 4) is 0 Å². The van der Waals surface area contributed by atoms with Crippen LogP contribution in [-0.4, -0.2) is 33.0 Å². The Morgan fingerprint density at radius 3 is 2.35 bits per heavy atom. The number of hydrogen-bond acceptors (Lipinski definition) is 4. The van der Waals surface area contributed by atoms with E-state index in [2.05, 4.69) is 5.32 Å². The number of nitrogens with zero attached hydrogens (tertiary/aromatic N) is 2. The zero-order chi connectivity index (χ0) is 24.3. The molecule has 1 aliphatic rings. The number of rotatable bonds is 7. The van der Waals surface area contributed by atoms with Gasteiger partial charge in [0.25, 0.3) is 5.91 Å². The molecule has 0 bridgehead atoms. The monoisotopic (exact) mass is 497 g/mol. The molecule has 9 heteroatoms. The summed E-state index contributed by atoms with van der Waals surface area (Å²) in [5, 5.41) is 3.28. The number of anilines is 3. The van der Waals surface area contributed by atoms with Gasteiger partial charge in [0.2, 0.25) is 15.9 Å². The molecule has 1 N–H and O–H groups in total. The van der Waals surface area contributed by atoms with Gasteiger partial charge in [-0.25, -0.2) is 8.42 Å². The zero-order valence-corrected chi connectivity index (χ0v) is 20.1. The molecule has 0 aromatic heterocycles. The summed E-state index contributed by atoms with van der Waals surface area (Å²) in [6, 6.07) is 20.6. The third-order valence-electron chi connectivity index (χ3n) is 5.55. The Kier molecular flexibility index (Phi) is 6.90. The first-order valence-corrected chi connectivity index (χ1v) is 13.0. The van der Waals surface area contributed by atoms with Gasteiger partial charge in [0.1, 0.15) is 0 Å². The van der Waals surface area contributed by atoms with Crippen molar-refractivity contribution >= 4 is 50.5 Å². The first-order valence-electron chi connectivity index (χ1n) is 10.7. The van der Waals surface area contributed by atoms with Crippen LogP contribution in [0, 0.1) is 0 Å². The van der Waals surface area contributed by atoms with E-state index in [0.29, 0.717) is 34.9 Å². The normalized spacial score (nSPS) is 13.7. The van der Waals surface area contributed by atoms with Crippen LogP contribution in [0.5, 0.6) is 0 Å². The van der Waals surface area contributed by atoms with Crippen molar-refractivity contribution < 1.29 is 18.0 Å². The number of nitrogens with one attached hydrogen (secondary N) is 1. The van der Waals surface area contributed by atoms with Gasteiger partial charge in [0.05, 0.1) is 18.5 Å². The Morgan fingerprint density at radius 2 is 1.76 bits per heavy atom. The smallest absolute Gasteiger partial charge is 0.255 e. The van der Waals surface area contributed by atoms with Crippen LogP contribution in [0.2, 0.25) is 5.02 Å². The number of benzene rings is 3. The minimum Gasteiger partial charge on any atom is -0.322 e. The molecule has 3 aromatic carbocycles. The second-order valence-electron chi connectivity index (χ2n) is 8.10. The molecule has 1 fully saturated rings.